The molecule has 0 spiro atoms. The van der Waals surface area contributed by atoms with Gasteiger partial charge in [0.25, 0.3) is 5.82 Å². The van der Waals surface area contributed by atoms with E-state index in [1.54, 1.807) is 45.9 Å². The van der Waals surface area contributed by atoms with Crippen molar-refractivity contribution in [3.8, 4) is 17.1 Å². The number of carbonyl (C=O) groups is 1. The summed E-state index contributed by atoms with van der Waals surface area (Å²) in [4.78, 5) is 28.7. The Balaban J connectivity index is 1.85. The van der Waals surface area contributed by atoms with E-state index in [0.717, 1.165) is 11.0 Å². The second-order valence-electron chi connectivity index (χ2n) is 8.21. The van der Waals surface area contributed by atoms with Gasteiger partial charge in [-0.25, -0.2) is 9.55 Å². The first kappa shape index (κ1) is 18.9. The Bertz CT molecular complexity index is 1320. The van der Waals surface area contributed by atoms with Gasteiger partial charge in [-0.1, -0.05) is 12.1 Å². The molecule has 0 amide bonds. The number of aryl methyl sites for hydroxylation is 2. The van der Waals surface area contributed by atoms with Crippen LogP contribution in [-0.2, 0) is 11.8 Å². The topological polar surface area (TPSA) is 76.2 Å². The molecule has 2 aromatic heterocycles. The van der Waals surface area contributed by atoms with Crippen LogP contribution in [0.15, 0.2) is 51.7 Å². The Morgan fingerprint density at radius 3 is 2.55 bits per heavy atom. The first-order valence-electron chi connectivity index (χ1n) is 9.43. The standard InChI is InChI=1S/C23H22N2O4/c1-13-19(21-24-16-8-6-7-9-17(16)25(21)5)20(26)15-11-10-14(12-18(15)28-13)29-22(27)23(2,3)4/h6-12H,1-5H3/p+1. The van der Waals surface area contributed by atoms with Crippen molar-refractivity contribution in [3.05, 3.63) is 58.4 Å². The minimum Gasteiger partial charge on any atom is -0.460 e. The van der Waals surface area contributed by atoms with Crippen molar-refractivity contribution in [2.75, 3.05) is 0 Å². The first-order chi connectivity index (χ1) is 13.7. The Hall–Kier alpha value is -3.41. The number of hydrogen-bond acceptors (Lipinski definition) is 4. The lowest BCUT2D eigenvalue weighted by Crippen LogP contribution is -2.31. The van der Waals surface area contributed by atoms with E-state index < -0.39 is 5.41 Å². The summed E-state index contributed by atoms with van der Waals surface area (Å²) in [7, 11) is 1.91. The van der Waals surface area contributed by atoms with E-state index in [4.69, 9.17) is 9.15 Å². The molecule has 148 valence electrons. The number of esters is 1. The monoisotopic (exact) mass is 391 g/mol. The fraction of sp³-hybridized carbons (Fsp3) is 0.261. The van der Waals surface area contributed by atoms with Crippen LogP contribution in [-0.4, -0.2) is 11.0 Å². The van der Waals surface area contributed by atoms with Crippen molar-refractivity contribution in [3.63, 3.8) is 0 Å². The van der Waals surface area contributed by atoms with Crippen molar-refractivity contribution < 1.29 is 18.5 Å². The van der Waals surface area contributed by atoms with Crippen LogP contribution in [0.5, 0.6) is 5.75 Å². The number of imidazole rings is 1. The van der Waals surface area contributed by atoms with Gasteiger partial charge in [0.1, 0.15) is 22.7 Å². The molecule has 29 heavy (non-hydrogen) atoms. The Kier molecular flexibility index (Phi) is 4.30. The zero-order chi connectivity index (χ0) is 20.9. The van der Waals surface area contributed by atoms with Gasteiger partial charge >= 0.3 is 5.97 Å². The molecule has 0 saturated carbocycles. The molecule has 0 aliphatic rings. The smallest absolute Gasteiger partial charge is 0.316 e. The normalized spacial score (nSPS) is 11.9. The molecule has 4 aromatic rings. The highest BCUT2D eigenvalue weighted by Crippen LogP contribution is 2.27. The summed E-state index contributed by atoms with van der Waals surface area (Å²) >= 11 is 0. The van der Waals surface area contributed by atoms with E-state index in [1.165, 1.54) is 0 Å². The summed E-state index contributed by atoms with van der Waals surface area (Å²) in [6.07, 6.45) is 0. The third kappa shape index (κ3) is 3.20. The van der Waals surface area contributed by atoms with Crippen LogP contribution < -0.4 is 14.7 Å². The molecular weight excluding hydrogens is 368 g/mol. The molecule has 2 heterocycles. The van der Waals surface area contributed by atoms with E-state index in [0.29, 0.717) is 33.9 Å². The summed E-state index contributed by atoms with van der Waals surface area (Å²) < 4.78 is 13.3. The van der Waals surface area contributed by atoms with Gasteiger partial charge in [0, 0.05) is 6.07 Å². The van der Waals surface area contributed by atoms with Crippen molar-refractivity contribution in [2.24, 2.45) is 12.5 Å². The maximum atomic E-state index is 13.3. The number of H-pyrrole nitrogens is 1. The summed E-state index contributed by atoms with van der Waals surface area (Å²) in [5.41, 5.74) is 2.03. The molecule has 0 atom stereocenters. The number of aromatic amines is 1. The molecule has 0 aliphatic heterocycles. The summed E-state index contributed by atoms with van der Waals surface area (Å²) in [5.74, 6) is 1.17. The largest absolute Gasteiger partial charge is 0.460 e. The van der Waals surface area contributed by atoms with Crippen LogP contribution >= 0.6 is 0 Å². The van der Waals surface area contributed by atoms with Gasteiger partial charge in [-0.2, -0.15) is 0 Å². The van der Waals surface area contributed by atoms with Crippen molar-refractivity contribution in [1.82, 2.24) is 4.98 Å². The number of aromatic nitrogens is 2. The van der Waals surface area contributed by atoms with Crippen molar-refractivity contribution in [2.45, 2.75) is 27.7 Å². The van der Waals surface area contributed by atoms with E-state index >= 15 is 0 Å². The van der Waals surface area contributed by atoms with Crippen LogP contribution in [0.25, 0.3) is 33.4 Å². The van der Waals surface area contributed by atoms with Crippen LogP contribution in [0.1, 0.15) is 26.5 Å². The lowest BCUT2D eigenvalue weighted by molar-refractivity contribution is -0.633. The third-order valence-corrected chi connectivity index (χ3v) is 4.95. The Morgan fingerprint density at radius 2 is 1.86 bits per heavy atom. The average molecular weight is 391 g/mol. The molecule has 6 nitrogen and oxygen atoms in total. The van der Waals surface area contributed by atoms with Gasteiger partial charge < -0.3 is 9.15 Å². The zero-order valence-electron chi connectivity index (χ0n) is 17.1. The maximum Gasteiger partial charge on any atom is 0.316 e. The number of carbonyl (C=O) groups excluding carboxylic acids is 1. The second kappa shape index (κ2) is 6.58. The van der Waals surface area contributed by atoms with E-state index in [2.05, 4.69) is 4.98 Å². The fourth-order valence-electron chi connectivity index (χ4n) is 3.32. The van der Waals surface area contributed by atoms with Gasteiger partial charge in [-0.05, 0) is 52.0 Å². The second-order valence-corrected chi connectivity index (χ2v) is 8.21. The predicted molar refractivity (Wildman–Crippen MR) is 111 cm³/mol. The number of benzene rings is 2. The minimum absolute atomic E-state index is 0.139. The SMILES string of the molecule is Cc1oc2cc(OC(=O)C(C)(C)C)ccc2c(=O)c1-c1[nH]c2ccccc2[n+]1C. The molecule has 6 heteroatoms. The number of fused-ring (bicyclic) bond motifs is 2. The van der Waals surface area contributed by atoms with Gasteiger partial charge in [0.05, 0.1) is 17.8 Å². The summed E-state index contributed by atoms with van der Waals surface area (Å²) in [5, 5.41) is 0.430. The molecule has 0 aliphatic carbocycles. The molecule has 4 rings (SSSR count). The van der Waals surface area contributed by atoms with Crippen molar-refractivity contribution in [1.29, 1.82) is 0 Å². The third-order valence-electron chi connectivity index (χ3n) is 4.95. The lowest BCUT2D eigenvalue weighted by atomic mass is 9.97. The van der Waals surface area contributed by atoms with Gasteiger partial charge in [-0.15, -0.1) is 0 Å². The molecule has 0 unspecified atom stereocenters. The lowest BCUT2D eigenvalue weighted by Gasteiger charge is -2.16. The predicted octanol–water partition coefficient (Wildman–Crippen LogP) is 4.03. The van der Waals surface area contributed by atoms with Crippen LogP contribution in [0.3, 0.4) is 0 Å². The highest BCUT2D eigenvalue weighted by atomic mass is 16.5. The first-order valence-corrected chi connectivity index (χ1v) is 9.43. The zero-order valence-corrected chi connectivity index (χ0v) is 17.1. The van der Waals surface area contributed by atoms with Gasteiger partial charge in [0.15, 0.2) is 11.0 Å². The van der Waals surface area contributed by atoms with Crippen LogP contribution in [0.2, 0.25) is 0 Å². The molecule has 0 saturated heterocycles. The fourth-order valence-corrected chi connectivity index (χ4v) is 3.32. The molecule has 0 fully saturated rings. The highest BCUT2D eigenvalue weighted by Gasteiger charge is 2.26. The van der Waals surface area contributed by atoms with E-state index in [-0.39, 0.29) is 11.4 Å². The average Bonchev–Trinajstić information content (AvgIpc) is 2.97. The minimum atomic E-state index is -0.625. The Labute approximate surface area is 167 Å². The van der Waals surface area contributed by atoms with E-state index in [9.17, 15) is 9.59 Å². The number of nitrogens with one attached hydrogen (secondary N) is 1. The van der Waals surface area contributed by atoms with Gasteiger partial charge in [0.2, 0.25) is 5.43 Å². The summed E-state index contributed by atoms with van der Waals surface area (Å²) in [6.45, 7) is 7.11. The molecule has 2 aromatic carbocycles. The number of rotatable bonds is 2. The summed E-state index contributed by atoms with van der Waals surface area (Å²) in [6, 6.07) is 12.7. The molecule has 0 radical (unpaired) electrons. The number of hydrogen-bond donors (Lipinski definition) is 1. The van der Waals surface area contributed by atoms with Crippen LogP contribution in [0.4, 0.5) is 0 Å². The quantitative estimate of drug-likeness (QED) is 0.318. The highest BCUT2D eigenvalue weighted by molar-refractivity contribution is 5.85. The van der Waals surface area contributed by atoms with Gasteiger partial charge in [-0.3, -0.25) is 9.59 Å². The number of para-hydroxylation sites is 2. The van der Waals surface area contributed by atoms with E-state index in [1.807, 2.05) is 35.9 Å². The number of nitrogens with zero attached hydrogens (tertiary/aromatic N) is 1. The molecule has 0 bridgehead atoms. The van der Waals surface area contributed by atoms with Crippen LogP contribution in [0, 0.1) is 12.3 Å². The molecule has 1 N–H and O–H groups in total. The molecular formula is C23H23N2O4+. The van der Waals surface area contributed by atoms with Crippen molar-refractivity contribution >= 4 is 28.0 Å². The maximum absolute atomic E-state index is 13.3. The Morgan fingerprint density at radius 1 is 1.14 bits per heavy atom. The number of ether oxygens (including phenoxy) is 1.